The molecule has 0 aliphatic rings. The maximum Gasteiger partial charge on any atom is 0.319 e. The minimum Gasteiger partial charge on any atom is -0.478 e. The van der Waals surface area contributed by atoms with Gasteiger partial charge in [-0.05, 0) is 13.3 Å². The second-order valence-corrected chi connectivity index (χ2v) is 4.44. The molecule has 5 nitrogen and oxygen atoms in total. The van der Waals surface area contributed by atoms with Crippen LogP contribution in [0.15, 0.2) is 6.07 Å². The van der Waals surface area contributed by atoms with Gasteiger partial charge in [0.25, 0.3) is 0 Å². The molecule has 0 saturated heterocycles. The van der Waals surface area contributed by atoms with Crippen LogP contribution in [-0.4, -0.2) is 35.8 Å². The molecule has 0 radical (unpaired) electrons. The number of nitrogens with zero attached hydrogens (tertiary/aromatic N) is 2. The third kappa shape index (κ3) is 5.82. The van der Waals surface area contributed by atoms with Gasteiger partial charge in [-0.1, -0.05) is 20.8 Å². The van der Waals surface area contributed by atoms with Crippen molar-refractivity contribution in [1.82, 2.24) is 15.3 Å². The van der Waals surface area contributed by atoms with E-state index < -0.39 is 0 Å². The van der Waals surface area contributed by atoms with Crippen molar-refractivity contribution in [3.8, 4) is 11.9 Å². The van der Waals surface area contributed by atoms with Crippen LogP contribution in [0.1, 0.15) is 32.9 Å². The van der Waals surface area contributed by atoms with E-state index in [1.165, 1.54) is 0 Å². The summed E-state index contributed by atoms with van der Waals surface area (Å²) in [5.41, 5.74) is 0.850. The Morgan fingerprint density at radius 3 is 2.67 bits per heavy atom. The number of aromatic nitrogens is 2. The molecule has 1 aromatic heterocycles. The molecule has 0 atom stereocenters. The second-order valence-electron chi connectivity index (χ2n) is 4.44. The van der Waals surface area contributed by atoms with Crippen LogP contribution < -0.4 is 14.8 Å². The first-order valence-electron chi connectivity index (χ1n) is 6.46. The number of rotatable bonds is 8. The first kappa shape index (κ1) is 14.7. The minimum absolute atomic E-state index is 0.381. The van der Waals surface area contributed by atoms with Crippen molar-refractivity contribution in [2.45, 2.75) is 40.2 Å². The lowest BCUT2D eigenvalue weighted by atomic mass is 10.4. The quantitative estimate of drug-likeness (QED) is 0.718. The van der Waals surface area contributed by atoms with Crippen LogP contribution in [0.5, 0.6) is 11.9 Å². The van der Waals surface area contributed by atoms with Gasteiger partial charge in [-0.25, -0.2) is 4.98 Å². The topological polar surface area (TPSA) is 56.3 Å². The van der Waals surface area contributed by atoms with Crippen molar-refractivity contribution in [3.63, 3.8) is 0 Å². The molecular formula is C13H23N3O2. The third-order valence-corrected chi connectivity index (χ3v) is 2.15. The highest BCUT2D eigenvalue weighted by Crippen LogP contribution is 2.13. The zero-order valence-corrected chi connectivity index (χ0v) is 11.7. The highest BCUT2D eigenvalue weighted by atomic mass is 16.5. The van der Waals surface area contributed by atoms with E-state index in [0.717, 1.165) is 18.7 Å². The van der Waals surface area contributed by atoms with E-state index in [4.69, 9.17) is 9.47 Å². The van der Waals surface area contributed by atoms with Crippen LogP contribution in [-0.2, 0) is 0 Å². The Morgan fingerprint density at radius 2 is 2.00 bits per heavy atom. The molecule has 0 saturated carbocycles. The lowest BCUT2D eigenvalue weighted by Crippen LogP contribution is -2.27. The first-order chi connectivity index (χ1) is 8.61. The van der Waals surface area contributed by atoms with E-state index in [-0.39, 0.29) is 0 Å². The highest BCUT2D eigenvalue weighted by Gasteiger charge is 2.04. The van der Waals surface area contributed by atoms with E-state index in [0.29, 0.717) is 31.1 Å². The Balaban J connectivity index is 2.46. The van der Waals surface area contributed by atoms with Gasteiger partial charge in [0.1, 0.15) is 6.61 Å². The Labute approximate surface area is 109 Å². The molecule has 5 heteroatoms. The van der Waals surface area contributed by atoms with Crippen molar-refractivity contribution in [1.29, 1.82) is 0 Å². The van der Waals surface area contributed by atoms with Gasteiger partial charge in [-0.2, -0.15) is 4.98 Å². The lowest BCUT2D eigenvalue weighted by Gasteiger charge is -2.10. The fourth-order valence-corrected chi connectivity index (χ4v) is 1.35. The molecule has 0 fully saturated rings. The molecule has 1 rings (SSSR count). The molecule has 102 valence electrons. The van der Waals surface area contributed by atoms with E-state index in [1.807, 2.05) is 13.0 Å². The van der Waals surface area contributed by atoms with E-state index in [2.05, 4.69) is 36.1 Å². The summed E-state index contributed by atoms with van der Waals surface area (Å²) in [5, 5.41) is 3.27. The first-order valence-corrected chi connectivity index (χ1v) is 6.46. The Hall–Kier alpha value is -1.36. The van der Waals surface area contributed by atoms with Crippen molar-refractivity contribution in [3.05, 3.63) is 11.8 Å². The van der Waals surface area contributed by atoms with Crippen LogP contribution in [0.4, 0.5) is 0 Å². The average Bonchev–Trinajstić information content (AvgIpc) is 2.31. The number of hydrogen-bond donors (Lipinski definition) is 1. The fourth-order valence-electron chi connectivity index (χ4n) is 1.35. The molecule has 0 bridgehead atoms. The molecule has 1 N–H and O–H groups in total. The average molecular weight is 253 g/mol. The largest absolute Gasteiger partial charge is 0.478 e. The van der Waals surface area contributed by atoms with Crippen molar-refractivity contribution in [2.24, 2.45) is 0 Å². The molecule has 1 aromatic rings. The molecule has 0 aliphatic carbocycles. The number of hydrogen-bond acceptors (Lipinski definition) is 5. The summed E-state index contributed by atoms with van der Waals surface area (Å²) >= 11 is 0. The van der Waals surface area contributed by atoms with Gasteiger partial charge >= 0.3 is 6.01 Å². The molecule has 0 aliphatic heterocycles. The van der Waals surface area contributed by atoms with Crippen molar-refractivity contribution in [2.75, 3.05) is 19.8 Å². The van der Waals surface area contributed by atoms with Gasteiger partial charge in [-0.3, -0.25) is 0 Å². The van der Waals surface area contributed by atoms with Gasteiger partial charge in [0, 0.05) is 24.3 Å². The maximum absolute atomic E-state index is 5.49. The van der Waals surface area contributed by atoms with E-state index in [1.54, 1.807) is 0 Å². The van der Waals surface area contributed by atoms with E-state index >= 15 is 0 Å². The smallest absolute Gasteiger partial charge is 0.319 e. The Morgan fingerprint density at radius 1 is 1.22 bits per heavy atom. The number of ether oxygens (including phenoxy) is 2. The van der Waals surface area contributed by atoms with Crippen LogP contribution in [0.2, 0.25) is 0 Å². The Kier molecular flexibility index (Phi) is 6.43. The predicted octanol–water partition coefficient (Wildman–Crippen LogP) is 1.95. The normalized spacial score (nSPS) is 10.7. The van der Waals surface area contributed by atoms with Crippen molar-refractivity contribution >= 4 is 0 Å². The summed E-state index contributed by atoms with van der Waals surface area (Å²) in [6.07, 6.45) is 0.956. The highest BCUT2D eigenvalue weighted by molar-refractivity contribution is 5.17. The number of nitrogens with one attached hydrogen (secondary N) is 1. The van der Waals surface area contributed by atoms with Crippen LogP contribution in [0.3, 0.4) is 0 Å². The molecule has 0 aromatic carbocycles. The van der Waals surface area contributed by atoms with Gasteiger partial charge in [0.2, 0.25) is 5.88 Å². The Bertz CT molecular complexity index is 356. The zero-order valence-electron chi connectivity index (χ0n) is 11.7. The molecule has 0 spiro atoms. The monoisotopic (exact) mass is 253 g/mol. The van der Waals surface area contributed by atoms with Gasteiger partial charge in [0.05, 0.1) is 6.61 Å². The van der Waals surface area contributed by atoms with E-state index in [9.17, 15) is 0 Å². The third-order valence-electron chi connectivity index (χ3n) is 2.15. The molecule has 1 heterocycles. The summed E-state index contributed by atoms with van der Waals surface area (Å²) < 4.78 is 11.0. The second kappa shape index (κ2) is 7.87. The van der Waals surface area contributed by atoms with Gasteiger partial charge < -0.3 is 14.8 Å². The van der Waals surface area contributed by atoms with Crippen molar-refractivity contribution < 1.29 is 9.47 Å². The standard InChI is InChI=1S/C13H23N3O2/c1-5-7-17-12-9-11(4)15-13(16-12)18-8-6-14-10(2)3/h9-10,14H,5-8H2,1-4H3. The molecule has 0 amide bonds. The van der Waals surface area contributed by atoms with Gasteiger partial charge in [0.15, 0.2) is 0 Å². The SMILES string of the molecule is CCCOc1cc(C)nc(OCCNC(C)C)n1. The fraction of sp³-hybridized carbons (Fsp3) is 0.692. The predicted molar refractivity (Wildman–Crippen MR) is 71.2 cm³/mol. The maximum atomic E-state index is 5.49. The van der Waals surface area contributed by atoms with Gasteiger partial charge in [-0.15, -0.1) is 0 Å². The van der Waals surface area contributed by atoms with Crippen LogP contribution in [0, 0.1) is 6.92 Å². The number of aryl methyl sites for hydroxylation is 1. The minimum atomic E-state index is 0.381. The summed E-state index contributed by atoms with van der Waals surface area (Å²) in [6.45, 7) is 10.1. The molecule has 0 unspecified atom stereocenters. The molecular weight excluding hydrogens is 230 g/mol. The summed E-state index contributed by atoms with van der Waals surface area (Å²) in [6, 6.07) is 2.65. The zero-order chi connectivity index (χ0) is 13.4. The van der Waals surface area contributed by atoms with Crippen LogP contribution in [0.25, 0.3) is 0 Å². The van der Waals surface area contributed by atoms with Crippen LogP contribution >= 0.6 is 0 Å². The lowest BCUT2D eigenvalue weighted by molar-refractivity contribution is 0.266. The summed E-state index contributed by atoms with van der Waals surface area (Å²) in [4.78, 5) is 8.42. The molecule has 18 heavy (non-hydrogen) atoms. The summed E-state index contributed by atoms with van der Waals surface area (Å²) in [5.74, 6) is 0.580. The summed E-state index contributed by atoms with van der Waals surface area (Å²) in [7, 11) is 0.